The van der Waals surface area contributed by atoms with E-state index >= 15 is 0 Å². The molecule has 0 aliphatic heterocycles. The lowest BCUT2D eigenvalue weighted by Crippen LogP contribution is -2.22. The minimum absolute atomic E-state index is 0.191. The van der Waals surface area contributed by atoms with Gasteiger partial charge in [-0.3, -0.25) is 0 Å². The summed E-state index contributed by atoms with van der Waals surface area (Å²) in [5, 5.41) is 11.0. The summed E-state index contributed by atoms with van der Waals surface area (Å²) in [6.07, 6.45) is 7.41. The van der Waals surface area contributed by atoms with Gasteiger partial charge in [0.25, 0.3) is 0 Å². The number of hydrogen-bond acceptors (Lipinski definition) is 3. The number of halogens is 1. The highest BCUT2D eigenvalue weighted by Crippen LogP contribution is 2.31. The van der Waals surface area contributed by atoms with Crippen LogP contribution >= 0.6 is 11.6 Å². The van der Waals surface area contributed by atoms with Crippen LogP contribution in [-0.2, 0) is 0 Å². The van der Waals surface area contributed by atoms with Gasteiger partial charge in [-0.15, -0.1) is 0 Å². The predicted molar refractivity (Wildman–Crippen MR) is 66.0 cm³/mol. The average molecular weight is 252 g/mol. The number of aliphatic hydroxyl groups is 1. The lowest BCUT2D eigenvalue weighted by molar-refractivity contribution is 0.105. The van der Waals surface area contributed by atoms with Crippen LogP contribution in [-0.4, -0.2) is 25.7 Å². The predicted octanol–water partition coefficient (Wildman–Crippen LogP) is 2.56. The van der Waals surface area contributed by atoms with Crippen molar-refractivity contribution in [3.05, 3.63) is 23.7 Å². The van der Waals surface area contributed by atoms with E-state index in [1.165, 1.54) is 0 Å². The zero-order chi connectivity index (χ0) is 11.8. The van der Waals surface area contributed by atoms with Crippen LogP contribution in [0.3, 0.4) is 0 Å². The molecule has 0 radical (unpaired) electrons. The topological polar surface area (TPSA) is 50.9 Å². The normalized spacial score (nSPS) is 25.3. The van der Waals surface area contributed by atoms with Crippen LogP contribution in [0.4, 0.5) is 0 Å². The second-order valence-corrected chi connectivity index (χ2v) is 4.95. The molecule has 2 aromatic rings. The Balaban J connectivity index is 2.01. The third-order valence-electron chi connectivity index (χ3n) is 3.44. The van der Waals surface area contributed by atoms with Gasteiger partial charge < -0.3 is 9.67 Å². The number of nitrogens with zero attached hydrogens (tertiary/aromatic N) is 3. The third-order valence-corrected chi connectivity index (χ3v) is 3.62. The number of fused-ring (bicyclic) bond motifs is 1. The Kier molecular flexibility index (Phi) is 2.76. The van der Waals surface area contributed by atoms with Gasteiger partial charge in [0, 0.05) is 23.8 Å². The van der Waals surface area contributed by atoms with Crippen molar-refractivity contribution in [1.82, 2.24) is 14.5 Å². The number of aromatic nitrogens is 3. The van der Waals surface area contributed by atoms with E-state index in [-0.39, 0.29) is 11.4 Å². The Hall–Kier alpha value is -1.13. The van der Waals surface area contributed by atoms with Crippen LogP contribution in [0.15, 0.2) is 18.5 Å². The van der Waals surface area contributed by atoms with Crippen LogP contribution in [0.2, 0.25) is 5.28 Å². The molecule has 0 spiro atoms. The van der Waals surface area contributed by atoms with Gasteiger partial charge in [-0.05, 0) is 43.4 Å². The van der Waals surface area contributed by atoms with E-state index in [4.69, 9.17) is 11.6 Å². The first-order valence-electron chi connectivity index (χ1n) is 5.91. The molecule has 1 saturated carbocycles. The maximum absolute atomic E-state index is 9.73. The SMILES string of the molecule is O[C@@H]1CCC[C@@H](n2ccc3cnc(Cl)nc32)C1. The minimum Gasteiger partial charge on any atom is -0.393 e. The monoisotopic (exact) mass is 251 g/mol. The summed E-state index contributed by atoms with van der Waals surface area (Å²) in [6, 6.07) is 2.31. The smallest absolute Gasteiger partial charge is 0.224 e. The van der Waals surface area contributed by atoms with Crippen molar-refractivity contribution in [2.24, 2.45) is 0 Å². The Morgan fingerprint density at radius 3 is 3.12 bits per heavy atom. The zero-order valence-corrected chi connectivity index (χ0v) is 10.1. The molecule has 4 nitrogen and oxygen atoms in total. The first-order valence-corrected chi connectivity index (χ1v) is 6.29. The van der Waals surface area contributed by atoms with Crippen molar-refractivity contribution in [3.63, 3.8) is 0 Å². The highest BCUT2D eigenvalue weighted by molar-refractivity contribution is 6.28. The van der Waals surface area contributed by atoms with Gasteiger partial charge in [-0.25, -0.2) is 4.98 Å². The molecule has 0 aromatic carbocycles. The molecule has 0 unspecified atom stereocenters. The summed E-state index contributed by atoms with van der Waals surface area (Å²) in [5.41, 5.74) is 0.865. The molecule has 1 aliphatic carbocycles. The molecule has 3 rings (SSSR count). The first-order chi connectivity index (χ1) is 8.24. The van der Waals surface area contributed by atoms with Crippen molar-refractivity contribution in [2.45, 2.75) is 37.8 Å². The van der Waals surface area contributed by atoms with Crippen LogP contribution in [0.5, 0.6) is 0 Å². The molecule has 17 heavy (non-hydrogen) atoms. The second-order valence-electron chi connectivity index (χ2n) is 4.62. The van der Waals surface area contributed by atoms with Gasteiger partial charge in [0.1, 0.15) is 5.65 Å². The average Bonchev–Trinajstić information content (AvgIpc) is 2.71. The van der Waals surface area contributed by atoms with Crippen molar-refractivity contribution in [3.8, 4) is 0 Å². The molecule has 0 bridgehead atoms. The standard InChI is InChI=1S/C12H14ClN3O/c13-12-14-7-8-4-5-16(11(8)15-12)9-2-1-3-10(17)6-9/h4-5,7,9-10,17H,1-3,6H2/t9-,10-/m1/s1. The minimum atomic E-state index is -0.191. The summed E-state index contributed by atoms with van der Waals surface area (Å²) in [6.45, 7) is 0. The zero-order valence-electron chi connectivity index (χ0n) is 9.38. The molecule has 1 N–H and O–H groups in total. The van der Waals surface area contributed by atoms with E-state index in [0.29, 0.717) is 6.04 Å². The molecule has 1 fully saturated rings. The highest BCUT2D eigenvalue weighted by atomic mass is 35.5. The van der Waals surface area contributed by atoms with Gasteiger partial charge in [-0.1, -0.05) is 0 Å². The largest absolute Gasteiger partial charge is 0.393 e. The fourth-order valence-electron chi connectivity index (χ4n) is 2.60. The Labute approximate surface area is 104 Å². The van der Waals surface area contributed by atoms with E-state index in [1.807, 2.05) is 12.3 Å². The second kappa shape index (κ2) is 4.27. The van der Waals surface area contributed by atoms with Crippen molar-refractivity contribution < 1.29 is 5.11 Å². The van der Waals surface area contributed by atoms with Crippen LogP contribution in [0, 0.1) is 0 Å². The van der Waals surface area contributed by atoms with E-state index < -0.39 is 0 Å². The van der Waals surface area contributed by atoms with Crippen molar-refractivity contribution >= 4 is 22.6 Å². The molecule has 5 heteroatoms. The van der Waals surface area contributed by atoms with E-state index in [1.54, 1.807) is 6.20 Å². The summed E-state index contributed by atoms with van der Waals surface area (Å²) in [7, 11) is 0. The lowest BCUT2D eigenvalue weighted by Gasteiger charge is -2.27. The Morgan fingerprint density at radius 1 is 1.41 bits per heavy atom. The Bertz CT molecular complexity index is 540. The maximum Gasteiger partial charge on any atom is 0.224 e. The van der Waals surface area contributed by atoms with Crippen LogP contribution < -0.4 is 0 Å². The molecular formula is C12H14ClN3O. The van der Waals surface area contributed by atoms with Gasteiger partial charge in [0.2, 0.25) is 5.28 Å². The molecule has 1 aliphatic rings. The highest BCUT2D eigenvalue weighted by Gasteiger charge is 2.22. The van der Waals surface area contributed by atoms with Crippen LogP contribution in [0.25, 0.3) is 11.0 Å². The van der Waals surface area contributed by atoms with Gasteiger partial charge in [0.15, 0.2) is 0 Å². The van der Waals surface area contributed by atoms with Gasteiger partial charge in [-0.2, -0.15) is 4.98 Å². The third kappa shape index (κ3) is 2.03. The quantitative estimate of drug-likeness (QED) is 0.793. The molecule has 90 valence electrons. The number of rotatable bonds is 1. The molecular weight excluding hydrogens is 238 g/mol. The number of aliphatic hydroxyl groups excluding tert-OH is 1. The first kappa shape index (κ1) is 11.0. The van der Waals surface area contributed by atoms with Gasteiger partial charge in [0.05, 0.1) is 6.10 Å². The van der Waals surface area contributed by atoms with Crippen molar-refractivity contribution in [1.29, 1.82) is 0 Å². The van der Waals surface area contributed by atoms with Crippen LogP contribution in [0.1, 0.15) is 31.7 Å². The van der Waals surface area contributed by atoms with E-state index in [0.717, 1.165) is 36.7 Å². The molecule has 0 amide bonds. The summed E-state index contributed by atoms with van der Waals surface area (Å²) in [4.78, 5) is 8.24. The number of hydrogen-bond donors (Lipinski definition) is 1. The summed E-state index contributed by atoms with van der Waals surface area (Å²) >= 11 is 5.83. The fraction of sp³-hybridized carbons (Fsp3) is 0.500. The molecule has 2 heterocycles. The maximum atomic E-state index is 9.73. The van der Waals surface area contributed by atoms with E-state index in [2.05, 4.69) is 14.5 Å². The van der Waals surface area contributed by atoms with Gasteiger partial charge >= 0.3 is 0 Å². The van der Waals surface area contributed by atoms with Crippen molar-refractivity contribution in [2.75, 3.05) is 0 Å². The molecule has 0 saturated heterocycles. The molecule has 2 aromatic heterocycles. The summed E-state index contributed by atoms with van der Waals surface area (Å²) in [5.74, 6) is 0. The van der Waals surface area contributed by atoms with E-state index in [9.17, 15) is 5.11 Å². The summed E-state index contributed by atoms with van der Waals surface area (Å²) < 4.78 is 2.12. The lowest BCUT2D eigenvalue weighted by atomic mass is 9.93. The Morgan fingerprint density at radius 2 is 2.29 bits per heavy atom. The fourth-order valence-corrected chi connectivity index (χ4v) is 2.73. The molecule has 2 atom stereocenters.